The van der Waals surface area contributed by atoms with Crippen LogP contribution in [0.5, 0.6) is 0 Å². The van der Waals surface area contributed by atoms with Crippen LogP contribution in [-0.4, -0.2) is 27.0 Å². The molecule has 0 saturated carbocycles. The Morgan fingerprint density at radius 1 is 1.37 bits per heavy atom. The Hall–Kier alpha value is -2.37. The summed E-state index contributed by atoms with van der Waals surface area (Å²) in [5.41, 5.74) is 0.583. The fourth-order valence-corrected chi connectivity index (χ4v) is 1.68. The summed E-state index contributed by atoms with van der Waals surface area (Å²) in [5, 5.41) is 5.91. The van der Waals surface area contributed by atoms with E-state index >= 15 is 0 Å². The Labute approximate surface area is 111 Å². The van der Waals surface area contributed by atoms with Crippen LogP contribution in [0.25, 0.3) is 0 Å². The van der Waals surface area contributed by atoms with E-state index in [1.807, 2.05) is 24.7 Å². The van der Waals surface area contributed by atoms with E-state index in [9.17, 15) is 4.79 Å². The van der Waals surface area contributed by atoms with E-state index in [1.165, 1.54) is 0 Å². The van der Waals surface area contributed by atoms with Crippen molar-refractivity contribution in [3.63, 3.8) is 0 Å². The molecule has 0 saturated heterocycles. The van der Waals surface area contributed by atoms with Crippen LogP contribution in [0.3, 0.4) is 0 Å². The summed E-state index contributed by atoms with van der Waals surface area (Å²) in [6.07, 6.45) is 5.17. The lowest BCUT2D eigenvalue weighted by atomic mass is 10.2. The highest BCUT2D eigenvalue weighted by atomic mass is 16.1. The summed E-state index contributed by atoms with van der Waals surface area (Å²) in [5.74, 6) is 1.38. The number of hydrogen-bond acceptors (Lipinski definition) is 4. The van der Waals surface area contributed by atoms with Gasteiger partial charge in [-0.25, -0.2) is 9.97 Å². The molecule has 100 valence electrons. The highest BCUT2D eigenvalue weighted by molar-refractivity contribution is 5.94. The first-order valence-corrected chi connectivity index (χ1v) is 6.15. The number of nitrogens with zero attached hydrogens (tertiary/aromatic N) is 3. The molecule has 2 rings (SSSR count). The van der Waals surface area contributed by atoms with E-state index < -0.39 is 0 Å². The highest BCUT2D eigenvalue weighted by Gasteiger charge is 2.07. The van der Waals surface area contributed by atoms with Crippen LogP contribution in [0.4, 0.5) is 5.82 Å². The number of carbonyl (C=O) groups excluding carboxylic acids is 1. The third kappa shape index (κ3) is 3.31. The van der Waals surface area contributed by atoms with Gasteiger partial charge in [0.1, 0.15) is 11.6 Å². The molecule has 2 N–H and O–H groups in total. The maximum absolute atomic E-state index is 12.0. The molecule has 0 unspecified atom stereocenters. The van der Waals surface area contributed by atoms with Gasteiger partial charge >= 0.3 is 0 Å². The molecule has 0 atom stereocenters. The van der Waals surface area contributed by atoms with Crippen molar-refractivity contribution >= 4 is 11.7 Å². The van der Waals surface area contributed by atoms with E-state index in [1.54, 1.807) is 24.5 Å². The Morgan fingerprint density at radius 3 is 2.89 bits per heavy atom. The third-order valence-electron chi connectivity index (χ3n) is 2.71. The normalized spacial score (nSPS) is 10.2. The standard InChI is InChI=1S/C13H17N5O/c1-3-14-11-8-10(4-5-15-11)13(19)17-9-12-16-6-7-18(12)2/h4-8H,3,9H2,1-2H3,(H,14,15)(H,17,19). The van der Waals surface area contributed by atoms with E-state index in [0.717, 1.165) is 12.4 Å². The lowest BCUT2D eigenvalue weighted by Gasteiger charge is -2.07. The summed E-state index contributed by atoms with van der Waals surface area (Å²) in [7, 11) is 1.89. The number of aromatic nitrogens is 3. The lowest BCUT2D eigenvalue weighted by Crippen LogP contribution is -2.24. The molecule has 1 amide bonds. The van der Waals surface area contributed by atoms with Crippen molar-refractivity contribution in [1.29, 1.82) is 0 Å². The van der Waals surface area contributed by atoms with Crippen LogP contribution in [0.1, 0.15) is 23.1 Å². The first-order chi connectivity index (χ1) is 9.20. The smallest absolute Gasteiger partial charge is 0.251 e. The molecular weight excluding hydrogens is 242 g/mol. The average Bonchev–Trinajstić information content (AvgIpc) is 2.82. The van der Waals surface area contributed by atoms with Gasteiger partial charge < -0.3 is 15.2 Å². The van der Waals surface area contributed by atoms with Crippen molar-refractivity contribution in [2.45, 2.75) is 13.5 Å². The van der Waals surface area contributed by atoms with Gasteiger partial charge in [-0.15, -0.1) is 0 Å². The fourth-order valence-electron chi connectivity index (χ4n) is 1.68. The van der Waals surface area contributed by atoms with E-state index in [-0.39, 0.29) is 5.91 Å². The molecular formula is C13H17N5O. The molecule has 0 bridgehead atoms. The molecule has 6 heteroatoms. The van der Waals surface area contributed by atoms with Gasteiger partial charge in [-0.2, -0.15) is 0 Å². The third-order valence-corrected chi connectivity index (χ3v) is 2.71. The van der Waals surface area contributed by atoms with Crippen molar-refractivity contribution in [2.75, 3.05) is 11.9 Å². The van der Waals surface area contributed by atoms with Crippen molar-refractivity contribution in [2.24, 2.45) is 7.05 Å². The molecule has 2 aromatic heterocycles. The first-order valence-electron chi connectivity index (χ1n) is 6.15. The number of imidazole rings is 1. The molecule has 19 heavy (non-hydrogen) atoms. The number of carbonyl (C=O) groups is 1. The predicted molar refractivity (Wildman–Crippen MR) is 72.8 cm³/mol. The summed E-state index contributed by atoms with van der Waals surface area (Å²) < 4.78 is 1.87. The van der Waals surface area contributed by atoms with Crippen LogP contribution in [0, 0.1) is 0 Å². The maximum atomic E-state index is 12.0. The fraction of sp³-hybridized carbons (Fsp3) is 0.308. The number of nitrogens with one attached hydrogen (secondary N) is 2. The quantitative estimate of drug-likeness (QED) is 0.845. The van der Waals surface area contributed by atoms with Gasteiger partial charge in [0.2, 0.25) is 0 Å². The summed E-state index contributed by atoms with van der Waals surface area (Å²) in [6.45, 7) is 3.15. The molecule has 0 aliphatic rings. The minimum atomic E-state index is -0.135. The number of rotatable bonds is 5. The Bertz CT molecular complexity index is 564. The molecule has 0 spiro atoms. The molecule has 0 aliphatic heterocycles. The number of aryl methyl sites for hydroxylation is 1. The molecule has 2 heterocycles. The zero-order chi connectivity index (χ0) is 13.7. The predicted octanol–water partition coefficient (Wildman–Crippen LogP) is 1.18. The van der Waals surface area contributed by atoms with Gasteiger partial charge in [0.15, 0.2) is 0 Å². The number of anilines is 1. The molecule has 6 nitrogen and oxygen atoms in total. The maximum Gasteiger partial charge on any atom is 0.251 e. The molecule has 0 fully saturated rings. The van der Waals surface area contributed by atoms with Crippen LogP contribution in [-0.2, 0) is 13.6 Å². The average molecular weight is 259 g/mol. The first kappa shape index (κ1) is 13.1. The summed E-state index contributed by atoms with van der Waals surface area (Å²) >= 11 is 0. The van der Waals surface area contributed by atoms with Gasteiger partial charge in [0, 0.05) is 37.7 Å². The minimum Gasteiger partial charge on any atom is -0.370 e. The van der Waals surface area contributed by atoms with Crippen LogP contribution in [0.15, 0.2) is 30.7 Å². The molecule has 0 aliphatic carbocycles. The van der Waals surface area contributed by atoms with Gasteiger partial charge in [0.25, 0.3) is 5.91 Å². The van der Waals surface area contributed by atoms with Gasteiger partial charge in [-0.3, -0.25) is 4.79 Å². The number of hydrogen-bond donors (Lipinski definition) is 2. The van der Waals surface area contributed by atoms with Crippen molar-refractivity contribution in [3.05, 3.63) is 42.1 Å². The van der Waals surface area contributed by atoms with Crippen molar-refractivity contribution in [3.8, 4) is 0 Å². The zero-order valence-corrected chi connectivity index (χ0v) is 11.1. The highest BCUT2D eigenvalue weighted by Crippen LogP contribution is 2.06. The van der Waals surface area contributed by atoms with Gasteiger partial charge in [-0.05, 0) is 19.1 Å². The Balaban J connectivity index is 2.00. The summed E-state index contributed by atoms with van der Waals surface area (Å²) in [4.78, 5) is 20.3. The lowest BCUT2D eigenvalue weighted by molar-refractivity contribution is 0.0949. The number of pyridine rings is 1. The van der Waals surface area contributed by atoms with E-state index in [2.05, 4.69) is 20.6 Å². The molecule has 0 aromatic carbocycles. The van der Waals surface area contributed by atoms with Crippen LogP contribution in [0.2, 0.25) is 0 Å². The van der Waals surface area contributed by atoms with E-state index in [4.69, 9.17) is 0 Å². The van der Waals surface area contributed by atoms with Gasteiger partial charge in [-0.1, -0.05) is 0 Å². The topological polar surface area (TPSA) is 71.8 Å². The summed E-state index contributed by atoms with van der Waals surface area (Å²) in [6, 6.07) is 3.42. The zero-order valence-electron chi connectivity index (χ0n) is 11.1. The van der Waals surface area contributed by atoms with Gasteiger partial charge in [0.05, 0.1) is 6.54 Å². The van der Waals surface area contributed by atoms with Crippen molar-refractivity contribution < 1.29 is 4.79 Å². The Kier molecular flexibility index (Phi) is 4.12. The Morgan fingerprint density at radius 2 is 2.21 bits per heavy atom. The van der Waals surface area contributed by atoms with Crippen LogP contribution >= 0.6 is 0 Å². The largest absolute Gasteiger partial charge is 0.370 e. The second kappa shape index (κ2) is 5.99. The second-order valence-corrected chi connectivity index (χ2v) is 4.10. The molecule has 2 aromatic rings. The minimum absolute atomic E-state index is 0.135. The second-order valence-electron chi connectivity index (χ2n) is 4.10. The van der Waals surface area contributed by atoms with Crippen molar-refractivity contribution in [1.82, 2.24) is 19.9 Å². The van der Waals surface area contributed by atoms with Crippen LogP contribution < -0.4 is 10.6 Å². The van der Waals surface area contributed by atoms with E-state index in [0.29, 0.717) is 17.9 Å². The monoisotopic (exact) mass is 259 g/mol. The SMILES string of the molecule is CCNc1cc(C(=O)NCc2nccn2C)ccn1. The molecule has 0 radical (unpaired) electrons. The number of amides is 1.